The molecule has 26 heavy (non-hydrogen) atoms. The second-order valence-electron chi connectivity index (χ2n) is 5.40. The summed E-state index contributed by atoms with van der Waals surface area (Å²) in [7, 11) is 1.39. The third-order valence-electron chi connectivity index (χ3n) is 3.49. The lowest BCUT2D eigenvalue weighted by molar-refractivity contribution is -0.153. The topological polar surface area (TPSA) is 84.5 Å². The number of carbonyl (C=O) groups is 3. The SMILES string of the molecule is CNC(=O)NC(=O)[C@@H](OC(=O)CSc1ccccc1C)c1ccccc1. The highest BCUT2D eigenvalue weighted by Crippen LogP contribution is 2.24. The summed E-state index contributed by atoms with van der Waals surface area (Å²) in [5, 5.41) is 4.44. The van der Waals surface area contributed by atoms with Gasteiger partial charge in [-0.05, 0) is 18.6 Å². The Labute approximate surface area is 156 Å². The maximum absolute atomic E-state index is 12.3. The van der Waals surface area contributed by atoms with Gasteiger partial charge in [-0.1, -0.05) is 48.5 Å². The lowest BCUT2D eigenvalue weighted by atomic mass is 10.1. The highest BCUT2D eigenvalue weighted by Gasteiger charge is 2.26. The number of nitrogens with one attached hydrogen (secondary N) is 2. The molecule has 0 aromatic heterocycles. The van der Waals surface area contributed by atoms with Crippen LogP contribution in [0.1, 0.15) is 17.2 Å². The first-order valence-electron chi connectivity index (χ1n) is 7.96. The minimum atomic E-state index is -1.20. The summed E-state index contributed by atoms with van der Waals surface area (Å²) >= 11 is 1.34. The molecular formula is C19H20N2O4S. The number of hydrogen-bond donors (Lipinski definition) is 2. The van der Waals surface area contributed by atoms with Gasteiger partial charge < -0.3 is 10.1 Å². The zero-order valence-electron chi connectivity index (χ0n) is 14.5. The second-order valence-corrected chi connectivity index (χ2v) is 6.42. The van der Waals surface area contributed by atoms with Crippen molar-refractivity contribution in [3.05, 3.63) is 65.7 Å². The van der Waals surface area contributed by atoms with Gasteiger partial charge in [0, 0.05) is 17.5 Å². The molecule has 6 nitrogen and oxygen atoms in total. The van der Waals surface area contributed by atoms with Crippen molar-refractivity contribution < 1.29 is 19.1 Å². The fourth-order valence-corrected chi connectivity index (χ4v) is 2.97. The minimum absolute atomic E-state index is 0.0570. The van der Waals surface area contributed by atoms with Crippen molar-refractivity contribution in [1.29, 1.82) is 0 Å². The molecule has 7 heteroatoms. The largest absolute Gasteiger partial charge is 0.447 e. The molecule has 0 aliphatic rings. The summed E-state index contributed by atoms with van der Waals surface area (Å²) in [5.74, 6) is -1.19. The van der Waals surface area contributed by atoms with Crippen LogP contribution in [0.4, 0.5) is 4.79 Å². The van der Waals surface area contributed by atoms with Crippen LogP contribution >= 0.6 is 11.8 Å². The van der Waals surface area contributed by atoms with Gasteiger partial charge in [-0.2, -0.15) is 0 Å². The van der Waals surface area contributed by atoms with E-state index in [1.165, 1.54) is 18.8 Å². The zero-order valence-corrected chi connectivity index (χ0v) is 15.3. The summed E-state index contributed by atoms with van der Waals surface area (Å²) in [5.41, 5.74) is 1.55. The van der Waals surface area contributed by atoms with Crippen molar-refractivity contribution in [3.63, 3.8) is 0 Å². The molecule has 0 heterocycles. The summed E-state index contributed by atoms with van der Waals surface area (Å²) in [6.45, 7) is 1.96. The highest BCUT2D eigenvalue weighted by molar-refractivity contribution is 8.00. The number of urea groups is 1. The molecule has 0 aliphatic carbocycles. The number of thioether (sulfide) groups is 1. The number of rotatable bonds is 6. The van der Waals surface area contributed by atoms with Crippen LogP contribution in [0.3, 0.4) is 0 Å². The van der Waals surface area contributed by atoms with Crippen LogP contribution in [0, 0.1) is 6.92 Å². The number of hydrogen-bond acceptors (Lipinski definition) is 5. The first-order valence-corrected chi connectivity index (χ1v) is 8.95. The molecule has 3 amide bonds. The van der Waals surface area contributed by atoms with Crippen molar-refractivity contribution in [3.8, 4) is 0 Å². The number of benzene rings is 2. The van der Waals surface area contributed by atoms with Gasteiger partial charge in [-0.15, -0.1) is 11.8 Å². The van der Waals surface area contributed by atoms with E-state index in [0.29, 0.717) is 5.56 Å². The fourth-order valence-electron chi connectivity index (χ4n) is 2.16. The van der Waals surface area contributed by atoms with Gasteiger partial charge in [-0.25, -0.2) is 4.79 Å². The number of esters is 1. The maximum Gasteiger partial charge on any atom is 0.321 e. The first-order chi connectivity index (χ1) is 12.5. The molecule has 0 aliphatic heterocycles. The number of imide groups is 1. The summed E-state index contributed by atoms with van der Waals surface area (Å²) in [4.78, 5) is 36.9. The average molecular weight is 372 g/mol. The van der Waals surface area contributed by atoms with Gasteiger partial charge in [0.2, 0.25) is 6.10 Å². The van der Waals surface area contributed by atoms with Crippen LogP contribution < -0.4 is 10.6 Å². The standard InChI is InChI=1S/C19H20N2O4S/c1-13-8-6-7-11-15(13)26-12-16(22)25-17(14-9-4-3-5-10-14)18(23)21-19(24)20-2/h3-11,17H,12H2,1-2H3,(H2,20,21,23,24)/t17-/m0/s1. The fraction of sp³-hybridized carbons (Fsp3) is 0.211. The van der Waals surface area contributed by atoms with E-state index >= 15 is 0 Å². The first kappa shape index (κ1) is 19.5. The van der Waals surface area contributed by atoms with Crippen molar-refractivity contribution >= 4 is 29.7 Å². The van der Waals surface area contributed by atoms with Gasteiger partial charge in [0.15, 0.2) is 0 Å². The molecule has 2 rings (SSSR count). The molecule has 0 unspecified atom stereocenters. The monoisotopic (exact) mass is 372 g/mol. The highest BCUT2D eigenvalue weighted by atomic mass is 32.2. The number of ether oxygens (including phenoxy) is 1. The minimum Gasteiger partial charge on any atom is -0.447 e. The normalized spacial score (nSPS) is 11.3. The van der Waals surface area contributed by atoms with Gasteiger partial charge in [-0.3, -0.25) is 14.9 Å². The summed E-state index contributed by atoms with van der Waals surface area (Å²) in [6, 6.07) is 15.6. The van der Waals surface area contributed by atoms with E-state index in [9.17, 15) is 14.4 Å². The molecule has 0 radical (unpaired) electrons. The molecule has 0 saturated carbocycles. The van der Waals surface area contributed by atoms with Crippen LogP contribution in [0.5, 0.6) is 0 Å². The second kappa shape index (κ2) is 9.62. The number of aryl methyl sites for hydroxylation is 1. The third-order valence-corrected chi connectivity index (χ3v) is 4.64. The zero-order chi connectivity index (χ0) is 18.9. The Hall–Kier alpha value is -2.80. The smallest absolute Gasteiger partial charge is 0.321 e. The lowest BCUT2D eigenvalue weighted by Gasteiger charge is -2.17. The molecular weight excluding hydrogens is 352 g/mol. The van der Waals surface area contributed by atoms with Crippen molar-refractivity contribution in [2.45, 2.75) is 17.9 Å². The summed E-state index contributed by atoms with van der Waals surface area (Å²) in [6.07, 6.45) is -1.20. The van der Waals surface area contributed by atoms with Crippen LogP contribution in [-0.2, 0) is 14.3 Å². The molecule has 2 aromatic rings. The van der Waals surface area contributed by atoms with Gasteiger partial charge in [0.1, 0.15) is 0 Å². The Bertz CT molecular complexity index is 780. The van der Waals surface area contributed by atoms with E-state index in [2.05, 4.69) is 10.6 Å². The van der Waals surface area contributed by atoms with E-state index < -0.39 is 24.0 Å². The molecule has 2 aromatic carbocycles. The Balaban J connectivity index is 2.06. The van der Waals surface area contributed by atoms with E-state index in [1.54, 1.807) is 30.3 Å². The Morgan fingerprint density at radius 1 is 1.04 bits per heavy atom. The van der Waals surface area contributed by atoms with Crippen molar-refractivity contribution in [2.24, 2.45) is 0 Å². The van der Waals surface area contributed by atoms with E-state index in [0.717, 1.165) is 10.5 Å². The quantitative estimate of drug-likeness (QED) is 0.602. The number of amides is 3. The Kier molecular flexibility index (Phi) is 7.23. The average Bonchev–Trinajstić information content (AvgIpc) is 2.66. The van der Waals surface area contributed by atoms with Gasteiger partial charge >= 0.3 is 12.0 Å². The Morgan fingerprint density at radius 2 is 1.69 bits per heavy atom. The van der Waals surface area contributed by atoms with E-state index in [-0.39, 0.29) is 5.75 Å². The van der Waals surface area contributed by atoms with E-state index in [4.69, 9.17) is 4.74 Å². The van der Waals surface area contributed by atoms with Crippen LogP contribution in [0.15, 0.2) is 59.5 Å². The predicted molar refractivity (Wildman–Crippen MR) is 99.8 cm³/mol. The molecule has 0 bridgehead atoms. The van der Waals surface area contributed by atoms with E-state index in [1.807, 2.05) is 31.2 Å². The Morgan fingerprint density at radius 3 is 2.35 bits per heavy atom. The van der Waals surface area contributed by atoms with Crippen molar-refractivity contribution in [2.75, 3.05) is 12.8 Å². The predicted octanol–water partition coefficient (Wildman–Crippen LogP) is 2.83. The molecule has 0 fully saturated rings. The van der Waals surface area contributed by atoms with Crippen molar-refractivity contribution in [1.82, 2.24) is 10.6 Å². The molecule has 2 N–H and O–H groups in total. The lowest BCUT2D eigenvalue weighted by Crippen LogP contribution is -2.41. The molecule has 0 spiro atoms. The maximum atomic E-state index is 12.3. The number of carbonyl (C=O) groups excluding carboxylic acids is 3. The third kappa shape index (κ3) is 5.63. The van der Waals surface area contributed by atoms with Crippen LogP contribution in [-0.4, -0.2) is 30.7 Å². The van der Waals surface area contributed by atoms with Gasteiger partial charge in [0.25, 0.3) is 5.91 Å². The van der Waals surface area contributed by atoms with Crippen LogP contribution in [0.25, 0.3) is 0 Å². The summed E-state index contributed by atoms with van der Waals surface area (Å²) < 4.78 is 5.35. The molecule has 0 saturated heterocycles. The van der Waals surface area contributed by atoms with Gasteiger partial charge in [0.05, 0.1) is 5.75 Å². The molecule has 136 valence electrons. The molecule has 1 atom stereocenters. The van der Waals surface area contributed by atoms with Crippen LogP contribution in [0.2, 0.25) is 0 Å².